The second kappa shape index (κ2) is 5.11. The first-order valence-corrected chi connectivity index (χ1v) is 5.15. The molecule has 0 fully saturated rings. The summed E-state index contributed by atoms with van der Waals surface area (Å²) in [5, 5.41) is 4.05. The second-order valence-corrected chi connectivity index (χ2v) is 3.71. The van der Waals surface area contributed by atoms with Crippen molar-refractivity contribution in [2.45, 2.75) is 26.3 Å². The minimum Gasteiger partial charge on any atom is -0.497 e. The fourth-order valence-corrected chi connectivity index (χ4v) is 1.28. The smallest absolute Gasteiger partial charge is 0.121 e. The van der Waals surface area contributed by atoms with Gasteiger partial charge in [0.25, 0.3) is 0 Å². The Morgan fingerprint density at radius 3 is 2.79 bits per heavy atom. The summed E-state index contributed by atoms with van der Waals surface area (Å²) < 4.78 is 5.13. The van der Waals surface area contributed by atoms with Gasteiger partial charge in [-0.05, 0) is 25.5 Å². The molecule has 1 unspecified atom stereocenters. The Bertz CT molecular complexity index is 301. The number of anilines is 1. The Labute approximate surface area is 90.2 Å². The Morgan fingerprint density at radius 2 is 2.21 bits per heavy atom. The first-order chi connectivity index (χ1) is 6.67. The number of hydrogen-bond acceptors (Lipinski definition) is 2. The van der Waals surface area contributed by atoms with Gasteiger partial charge in [0, 0.05) is 12.1 Å². The van der Waals surface area contributed by atoms with Crippen LogP contribution < -0.4 is 10.1 Å². The first-order valence-electron chi connectivity index (χ1n) is 4.77. The van der Waals surface area contributed by atoms with E-state index in [0.717, 1.165) is 22.9 Å². The zero-order valence-electron chi connectivity index (χ0n) is 8.80. The third-order valence-electron chi connectivity index (χ3n) is 2.19. The predicted octanol–water partition coefficient (Wildman–Crippen LogP) is 3.56. The molecule has 0 aliphatic rings. The molecule has 2 nitrogen and oxygen atoms in total. The summed E-state index contributed by atoms with van der Waals surface area (Å²) in [5.74, 6) is 0.820. The number of rotatable bonds is 4. The van der Waals surface area contributed by atoms with Crippen molar-refractivity contribution in [3.05, 3.63) is 23.2 Å². The molecule has 0 amide bonds. The summed E-state index contributed by atoms with van der Waals surface area (Å²) in [6, 6.07) is 6.02. The molecule has 3 heteroatoms. The van der Waals surface area contributed by atoms with Gasteiger partial charge in [-0.2, -0.15) is 0 Å². The average molecular weight is 214 g/mol. The SMILES string of the molecule is CCC(C)Nc1cc(OC)ccc1Cl. The molecule has 0 bridgehead atoms. The van der Waals surface area contributed by atoms with Crippen molar-refractivity contribution in [3.8, 4) is 5.75 Å². The van der Waals surface area contributed by atoms with E-state index in [2.05, 4.69) is 19.2 Å². The molecule has 14 heavy (non-hydrogen) atoms. The number of benzene rings is 1. The van der Waals surface area contributed by atoms with Crippen molar-refractivity contribution in [2.75, 3.05) is 12.4 Å². The third kappa shape index (κ3) is 2.81. The van der Waals surface area contributed by atoms with Gasteiger partial charge in [-0.15, -0.1) is 0 Å². The number of ether oxygens (including phenoxy) is 1. The molecule has 0 radical (unpaired) electrons. The number of halogens is 1. The van der Waals surface area contributed by atoms with Crippen LogP contribution in [0.25, 0.3) is 0 Å². The van der Waals surface area contributed by atoms with Gasteiger partial charge in [0.1, 0.15) is 5.75 Å². The average Bonchev–Trinajstić information content (AvgIpc) is 2.21. The Kier molecular flexibility index (Phi) is 4.08. The van der Waals surface area contributed by atoms with Crippen molar-refractivity contribution in [2.24, 2.45) is 0 Å². The zero-order chi connectivity index (χ0) is 10.6. The number of methoxy groups -OCH3 is 1. The van der Waals surface area contributed by atoms with Crippen LogP contribution in [0.3, 0.4) is 0 Å². The summed E-state index contributed by atoms with van der Waals surface area (Å²) in [7, 11) is 1.65. The molecule has 1 N–H and O–H groups in total. The highest BCUT2D eigenvalue weighted by atomic mass is 35.5. The van der Waals surface area contributed by atoms with E-state index in [9.17, 15) is 0 Å². The molecule has 0 saturated carbocycles. The lowest BCUT2D eigenvalue weighted by Crippen LogP contribution is -2.13. The van der Waals surface area contributed by atoms with Gasteiger partial charge in [-0.25, -0.2) is 0 Å². The van der Waals surface area contributed by atoms with E-state index in [1.807, 2.05) is 18.2 Å². The molecular formula is C11H16ClNO. The van der Waals surface area contributed by atoms with E-state index >= 15 is 0 Å². The van der Waals surface area contributed by atoms with E-state index < -0.39 is 0 Å². The summed E-state index contributed by atoms with van der Waals surface area (Å²) in [6.07, 6.45) is 1.06. The monoisotopic (exact) mass is 213 g/mol. The molecule has 0 aliphatic carbocycles. The third-order valence-corrected chi connectivity index (χ3v) is 2.52. The molecule has 0 spiro atoms. The highest BCUT2D eigenvalue weighted by Gasteiger charge is 2.04. The lowest BCUT2D eigenvalue weighted by Gasteiger charge is -2.15. The molecule has 1 aromatic rings. The van der Waals surface area contributed by atoms with E-state index in [1.165, 1.54) is 0 Å². The van der Waals surface area contributed by atoms with Gasteiger partial charge in [-0.1, -0.05) is 18.5 Å². The van der Waals surface area contributed by atoms with Crippen molar-refractivity contribution in [1.29, 1.82) is 0 Å². The van der Waals surface area contributed by atoms with Crippen molar-refractivity contribution in [1.82, 2.24) is 0 Å². The first kappa shape index (κ1) is 11.2. The Balaban J connectivity index is 2.83. The maximum absolute atomic E-state index is 6.04. The van der Waals surface area contributed by atoms with Gasteiger partial charge >= 0.3 is 0 Å². The fourth-order valence-electron chi connectivity index (χ4n) is 1.11. The predicted molar refractivity (Wildman–Crippen MR) is 61.4 cm³/mol. The fraction of sp³-hybridized carbons (Fsp3) is 0.455. The highest BCUT2D eigenvalue weighted by Crippen LogP contribution is 2.27. The molecular weight excluding hydrogens is 198 g/mol. The van der Waals surface area contributed by atoms with Crippen LogP contribution in [0.5, 0.6) is 5.75 Å². The Morgan fingerprint density at radius 1 is 1.50 bits per heavy atom. The summed E-state index contributed by atoms with van der Waals surface area (Å²) in [5.41, 5.74) is 0.931. The zero-order valence-corrected chi connectivity index (χ0v) is 9.56. The van der Waals surface area contributed by atoms with Crippen LogP contribution in [0.4, 0.5) is 5.69 Å². The summed E-state index contributed by atoms with van der Waals surface area (Å²) >= 11 is 6.04. The second-order valence-electron chi connectivity index (χ2n) is 3.30. The molecule has 1 atom stereocenters. The van der Waals surface area contributed by atoms with Gasteiger partial charge in [0.05, 0.1) is 17.8 Å². The molecule has 0 saturated heterocycles. The molecule has 78 valence electrons. The van der Waals surface area contributed by atoms with E-state index in [0.29, 0.717) is 6.04 Å². The summed E-state index contributed by atoms with van der Waals surface area (Å²) in [6.45, 7) is 4.25. The van der Waals surface area contributed by atoms with Gasteiger partial charge in [0.2, 0.25) is 0 Å². The molecule has 0 heterocycles. The van der Waals surface area contributed by atoms with Crippen LogP contribution in [-0.2, 0) is 0 Å². The van der Waals surface area contributed by atoms with Crippen LogP contribution in [0.15, 0.2) is 18.2 Å². The van der Waals surface area contributed by atoms with Crippen LogP contribution in [0, 0.1) is 0 Å². The lowest BCUT2D eigenvalue weighted by atomic mass is 10.2. The largest absolute Gasteiger partial charge is 0.497 e. The van der Waals surface area contributed by atoms with Crippen LogP contribution in [-0.4, -0.2) is 13.2 Å². The minimum atomic E-state index is 0.416. The topological polar surface area (TPSA) is 21.3 Å². The maximum Gasteiger partial charge on any atom is 0.121 e. The molecule has 0 aromatic heterocycles. The summed E-state index contributed by atoms with van der Waals surface area (Å²) in [4.78, 5) is 0. The standard InChI is InChI=1S/C11H16ClNO/c1-4-8(2)13-11-7-9(14-3)5-6-10(11)12/h5-8,13H,4H2,1-3H3. The quantitative estimate of drug-likeness (QED) is 0.826. The highest BCUT2D eigenvalue weighted by molar-refractivity contribution is 6.33. The van der Waals surface area contributed by atoms with Crippen LogP contribution in [0.2, 0.25) is 5.02 Å². The van der Waals surface area contributed by atoms with E-state index in [1.54, 1.807) is 7.11 Å². The molecule has 0 aliphatic heterocycles. The van der Waals surface area contributed by atoms with Gasteiger partial charge in [0.15, 0.2) is 0 Å². The minimum absolute atomic E-state index is 0.416. The number of hydrogen-bond donors (Lipinski definition) is 1. The Hall–Kier alpha value is -0.890. The normalized spacial score (nSPS) is 12.3. The van der Waals surface area contributed by atoms with Crippen molar-refractivity contribution >= 4 is 17.3 Å². The van der Waals surface area contributed by atoms with Crippen LogP contribution >= 0.6 is 11.6 Å². The van der Waals surface area contributed by atoms with Crippen molar-refractivity contribution in [3.63, 3.8) is 0 Å². The number of nitrogens with one attached hydrogen (secondary N) is 1. The van der Waals surface area contributed by atoms with E-state index in [-0.39, 0.29) is 0 Å². The van der Waals surface area contributed by atoms with Crippen LogP contribution in [0.1, 0.15) is 20.3 Å². The van der Waals surface area contributed by atoms with Gasteiger partial charge in [-0.3, -0.25) is 0 Å². The maximum atomic E-state index is 6.04. The molecule has 1 rings (SSSR count). The lowest BCUT2D eigenvalue weighted by molar-refractivity contribution is 0.415. The van der Waals surface area contributed by atoms with E-state index in [4.69, 9.17) is 16.3 Å². The van der Waals surface area contributed by atoms with Gasteiger partial charge < -0.3 is 10.1 Å². The molecule has 1 aromatic carbocycles. The van der Waals surface area contributed by atoms with Crippen molar-refractivity contribution < 1.29 is 4.74 Å².